The molecular weight excluding hydrogens is 370 g/mol. The highest BCUT2D eigenvalue weighted by Crippen LogP contribution is 2.14. The van der Waals surface area contributed by atoms with Gasteiger partial charge < -0.3 is 25.0 Å². The minimum absolute atomic E-state index is 0.110. The van der Waals surface area contributed by atoms with Gasteiger partial charge in [0, 0.05) is 26.7 Å². The number of nitrogens with one attached hydrogen (secondary N) is 2. The standard InChI is InChI=1S/C22H35N3O4/c1-3-4-10-20(21(26)23-14-11-18-8-6-5-7-9-18)24-22(27)25-15-12-19(13-16-25)29-17-28-2/h5-9,19-20H,3-4,10-17H2,1-2H3,(H,23,26)(H,24,27)/t20-/m0/s1. The van der Waals surface area contributed by atoms with Crippen molar-refractivity contribution in [2.45, 2.75) is 57.6 Å². The summed E-state index contributed by atoms with van der Waals surface area (Å²) in [5, 5.41) is 5.91. The molecule has 0 aromatic heterocycles. The third-order valence-electron chi connectivity index (χ3n) is 5.17. The molecule has 1 aliphatic heterocycles. The van der Waals surface area contributed by atoms with E-state index in [9.17, 15) is 9.59 Å². The molecule has 0 aliphatic carbocycles. The molecule has 7 heteroatoms. The van der Waals surface area contributed by atoms with Crippen LogP contribution in [0.5, 0.6) is 0 Å². The summed E-state index contributed by atoms with van der Waals surface area (Å²) < 4.78 is 10.5. The Labute approximate surface area is 174 Å². The van der Waals surface area contributed by atoms with Crippen molar-refractivity contribution >= 4 is 11.9 Å². The first kappa shape index (κ1) is 23.2. The first-order valence-electron chi connectivity index (χ1n) is 10.6. The van der Waals surface area contributed by atoms with Gasteiger partial charge in [0.2, 0.25) is 5.91 Å². The van der Waals surface area contributed by atoms with Crippen LogP contribution in [0.2, 0.25) is 0 Å². The number of carbonyl (C=O) groups excluding carboxylic acids is 2. The van der Waals surface area contributed by atoms with Gasteiger partial charge in [-0.1, -0.05) is 50.1 Å². The zero-order valence-corrected chi connectivity index (χ0v) is 17.7. The van der Waals surface area contributed by atoms with Gasteiger partial charge in [0.1, 0.15) is 12.8 Å². The summed E-state index contributed by atoms with van der Waals surface area (Å²) >= 11 is 0. The van der Waals surface area contributed by atoms with Crippen LogP contribution in [-0.2, 0) is 20.7 Å². The Bertz CT molecular complexity index is 603. The van der Waals surface area contributed by atoms with Crippen molar-refractivity contribution in [2.24, 2.45) is 0 Å². The van der Waals surface area contributed by atoms with E-state index in [0.717, 1.165) is 32.1 Å². The number of hydrogen-bond acceptors (Lipinski definition) is 4. The molecule has 0 saturated carbocycles. The van der Waals surface area contributed by atoms with Gasteiger partial charge in [0.25, 0.3) is 0 Å². The van der Waals surface area contributed by atoms with Crippen LogP contribution in [-0.4, -0.2) is 62.5 Å². The van der Waals surface area contributed by atoms with E-state index in [0.29, 0.717) is 26.1 Å². The van der Waals surface area contributed by atoms with E-state index < -0.39 is 6.04 Å². The third-order valence-corrected chi connectivity index (χ3v) is 5.17. The number of carbonyl (C=O) groups is 2. The normalized spacial score (nSPS) is 15.7. The lowest BCUT2D eigenvalue weighted by Gasteiger charge is -2.32. The molecule has 29 heavy (non-hydrogen) atoms. The predicted molar refractivity (Wildman–Crippen MR) is 113 cm³/mol. The van der Waals surface area contributed by atoms with Crippen molar-refractivity contribution in [3.8, 4) is 0 Å². The summed E-state index contributed by atoms with van der Waals surface area (Å²) in [6.45, 7) is 4.16. The number of ether oxygens (including phenoxy) is 2. The lowest BCUT2D eigenvalue weighted by atomic mass is 10.1. The van der Waals surface area contributed by atoms with Gasteiger partial charge in [-0.25, -0.2) is 4.79 Å². The maximum atomic E-state index is 12.7. The summed E-state index contributed by atoms with van der Waals surface area (Å²) in [6, 6.07) is 9.38. The number of hydrogen-bond donors (Lipinski definition) is 2. The van der Waals surface area contributed by atoms with Crippen LogP contribution >= 0.6 is 0 Å². The number of unbranched alkanes of at least 4 members (excludes halogenated alkanes) is 1. The van der Waals surface area contributed by atoms with Gasteiger partial charge >= 0.3 is 6.03 Å². The van der Waals surface area contributed by atoms with Crippen LogP contribution in [0.25, 0.3) is 0 Å². The number of likely N-dealkylation sites (tertiary alicyclic amines) is 1. The van der Waals surface area contributed by atoms with E-state index in [2.05, 4.69) is 17.6 Å². The van der Waals surface area contributed by atoms with E-state index >= 15 is 0 Å². The molecule has 1 saturated heterocycles. The van der Waals surface area contributed by atoms with E-state index in [1.807, 2.05) is 30.3 Å². The minimum atomic E-state index is -0.499. The SMILES string of the molecule is CCCC[C@H](NC(=O)N1CCC(OCOC)CC1)C(=O)NCCc1ccccc1. The first-order valence-corrected chi connectivity index (χ1v) is 10.6. The number of nitrogens with zero attached hydrogens (tertiary/aromatic N) is 1. The molecule has 0 bridgehead atoms. The Morgan fingerprint density at radius 2 is 1.93 bits per heavy atom. The Morgan fingerprint density at radius 3 is 2.59 bits per heavy atom. The fourth-order valence-electron chi connectivity index (χ4n) is 3.41. The average molecular weight is 406 g/mol. The maximum Gasteiger partial charge on any atom is 0.318 e. The highest BCUT2D eigenvalue weighted by molar-refractivity contribution is 5.87. The Kier molecular flexibility index (Phi) is 10.5. The van der Waals surface area contributed by atoms with Crippen LogP contribution in [0.4, 0.5) is 4.79 Å². The summed E-state index contributed by atoms with van der Waals surface area (Å²) in [6.07, 6.45) is 4.97. The van der Waals surface area contributed by atoms with Crippen molar-refractivity contribution in [1.29, 1.82) is 0 Å². The molecule has 2 N–H and O–H groups in total. The molecule has 0 unspecified atom stereocenters. The Hall–Kier alpha value is -2.12. The maximum absolute atomic E-state index is 12.7. The number of methoxy groups -OCH3 is 1. The van der Waals surface area contributed by atoms with E-state index in [1.54, 1.807) is 12.0 Å². The van der Waals surface area contributed by atoms with Crippen molar-refractivity contribution in [3.05, 3.63) is 35.9 Å². The zero-order valence-electron chi connectivity index (χ0n) is 17.7. The molecule has 1 atom stereocenters. The fourth-order valence-corrected chi connectivity index (χ4v) is 3.41. The monoisotopic (exact) mass is 405 g/mol. The molecule has 0 spiro atoms. The number of urea groups is 1. The van der Waals surface area contributed by atoms with Gasteiger partial charge in [-0.2, -0.15) is 0 Å². The molecule has 7 nitrogen and oxygen atoms in total. The zero-order chi connectivity index (χ0) is 20.9. The van der Waals surface area contributed by atoms with Crippen LogP contribution in [0.15, 0.2) is 30.3 Å². The first-order chi connectivity index (χ1) is 14.1. The second-order valence-corrected chi connectivity index (χ2v) is 7.43. The van der Waals surface area contributed by atoms with E-state index in [-0.39, 0.29) is 24.8 Å². The molecule has 3 amide bonds. The molecule has 162 valence electrons. The lowest BCUT2D eigenvalue weighted by molar-refractivity contribution is -0.123. The topological polar surface area (TPSA) is 79.9 Å². The van der Waals surface area contributed by atoms with Gasteiger partial charge in [-0.15, -0.1) is 0 Å². The molecular formula is C22H35N3O4. The molecule has 1 aromatic rings. The van der Waals surface area contributed by atoms with Crippen LogP contribution in [0.3, 0.4) is 0 Å². The van der Waals surface area contributed by atoms with Gasteiger partial charge in [-0.3, -0.25) is 4.79 Å². The minimum Gasteiger partial charge on any atom is -0.359 e. The summed E-state index contributed by atoms with van der Waals surface area (Å²) in [4.78, 5) is 27.1. The Balaban J connectivity index is 1.79. The number of amides is 3. The molecule has 1 fully saturated rings. The summed E-state index contributed by atoms with van der Waals surface area (Å²) in [5.41, 5.74) is 1.18. The summed E-state index contributed by atoms with van der Waals surface area (Å²) in [7, 11) is 1.60. The Morgan fingerprint density at radius 1 is 1.21 bits per heavy atom. The number of piperidine rings is 1. The van der Waals surface area contributed by atoms with Gasteiger partial charge in [0.05, 0.1) is 6.10 Å². The smallest absolute Gasteiger partial charge is 0.318 e. The molecule has 1 aromatic carbocycles. The lowest BCUT2D eigenvalue weighted by Crippen LogP contribution is -2.53. The molecule has 2 rings (SSSR count). The summed E-state index contributed by atoms with van der Waals surface area (Å²) in [5.74, 6) is -0.110. The molecule has 1 heterocycles. The van der Waals surface area contributed by atoms with E-state index in [1.165, 1.54) is 5.56 Å². The van der Waals surface area contributed by atoms with Crippen molar-refractivity contribution < 1.29 is 19.1 Å². The molecule has 0 radical (unpaired) electrons. The van der Waals surface area contributed by atoms with E-state index in [4.69, 9.17) is 9.47 Å². The highest BCUT2D eigenvalue weighted by Gasteiger charge is 2.26. The van der Waals surface area contributed by atoms with Crippen molar-refractivity contribution in [1.82, 2.24) is 15.5 Å². The average Bonchev–Trinajstić information content (AvgIpc) is 2.76. The molecule has 1 aliphatic rings. The number of benzene rings is 1. The van der Waals surface area contributed by atoms with Gasteiger partial charge in [-0.05, 0) is 31.2 Å². The van der Waals surface area contributed by atoms with Crippen molar-refractivity contribution in [3.63, 3.8) is 0 Å². The van der Waals surface area contributed by atoms with Crippen LogP contribution < -0.4 is 10.6 Å². The fraction of sp³-hybridized carbons (Fsp3) is 0.636. The highest BCUT2D eigenvalue weighted by atomic mass is 16.7. The quantitative estimate of drug-likeness (QED) is 0.555. The van der Waals surface area contributed by atoms with Crippen LogP contribution in [0.1, 0.15) is 44.6 Å². The van der Waals surface area contributed by atoms with Crippen molar-refractivity contribution in [2.75, 3.05) is 33.5 Å². The van der Waals surface area contributed by atoms with Gasteiger partial charge in [0.15, 0.2) is 0 Å². The second kappa shape index (κ2) is 13.2. The number of rotatable bonds is 11. The largest absolute Gasteiger partial charge is 0.359 e. The second-order valence-electron chi connectivity index (χ2n) is 7.43. The predicted octanol–water partition coefficient (Wildman–Crippen LogP) is 2.70. The third kappa shape index (κ3) is 8.41. The van der Waals surface area contributed by atoms with Crippen LogP contribution in [0, 0.1) is 0 Å².